The van der Waals surface area contributed by atoms with E-state index in [-0.39, 0.29) is 12.5 Å². The zero-order valence-electron chi connectivity index (χ0n) is 7.14. The van der Waals surface area contributed by atoms with E-state index in [1.165, 1.54) is 7.05 Å². The number of aliphatic imine (C=N–C) groups is 1. The molecule has 4 N–H and O–H groups in total. The van der Waals surface area contributed by atoms with Crippen molar-refractivity contribution in [2.24, 2.45) is 10.8 Å². The highest BCUT2D eigenvalue weighted by molar-refractivity contribution is 5.79. The zero-order chi connectivity index (χ0) is 9.56. The Balaban J connectivity index is 3.74. The zero-order valence-corrected chi connectivity index (χ0v) is 7.14. The molecule has 0 spiro atoms. The van der Waals surface area contributed by atoms with Crippen LogP contribution >= 0.6 is 0 Å². The first-order valence-corrected chi connectivity index (χ1v) is 3.58. The fraction of sp³-hybridized carbons (Fsp3) is 0.833. The van der Waals surface area contributed by atoms with E-state index in [0.717, 1.165) is 0 Å². The molecule has 0 aliphatic heterocycles. The van der Waals surface area contributed by atoms with Gasteiger partial charge in [0.15, 0.2) is 0 Å². The van der Waals surface area contributed by atoms with Crippen molar-refractivity contribution < 1.29 is 8.78 Å². The molecule has 12 heavy (non-hydrogen) atoms. The topological polar surface area (TPSA) is 62.4 Å². The molecule has 4 nitrogen and oxygen atoms in total. The first-order valence-electron chi connectivity index (χ1n) is 3.58. The van der Waals surface area contributed by atoms with Crippen molar-refractivity contribution >= 4 is 5.96 Å². The summed E-state index contributed by atoms with van der Waals surface area (Å²) >= 11 is 0. The van der Waals surface area contributed by atoms with E-state index in [1.807, 2.05) is 0 Å². The fourth-order valence-corrected chi connectivity index (χ4v) is 0.730. The lowest BCUT2D eigenvalue weighted by atomic mass is 10.2. The van der Waals surface area contributed by atoms with Crippen molar-refractivity contribution in [1.82, 2.24) is 10.7 Å². The van der Waals surface area contributed by atoms with Crippen molar-refractivity contribution in [1.29, 1.82) is 0 Å². The largest absolute Gasteiger partial charge is 0.353 e. The van der Waals surface area contributed by atoms with Crippen LogP contribution in [0.1, 0.15) is 13.3 Å². The maximum Gasteiger partial charge on any atom is 0.240 e. The Bertz CT molecular complexity index is 148. The number of hydrogen-bond donors (Lipinski definition) is 3. The maximum absolute atomic E-state index is 11.8. The van der Waals surface area contributed by atoms with Crippen LogP contribution in [0.15, 0.2) is 4.99 Å². The normalized spacial score (nSPS) is 14.7. The molecule has 0 saturated heterocycles. The molecule has 0 aliphatic carbocycles. The maximum atomic E-state index is 11.8. The second kappa shape index (κ2) is 5.70. The number of hydrazine groups is 1. The van der Waals surface area contributed by atoms with Crippen LogP contribution in [0, 0.1) is 0 Å². The summed E-state index contributed by atoms with van der Waals surface area (Å²) in [4.78, 5) is 3.68. The van der Waals surface area contributed by atoms with Crippen molar-refractivity contribution in [2.75, 3.05) is 7.05 Å². The van der Waals surface area contributed by atoms with E-state index in [4.69, 9.17) is 5.84 Å². The molecular weight excluding hydrogens is 166 g/mol. The molecule has 0 heterocycles. The quantitative estimate of drug-likeness (QED) is 0.249. The highest BCUT2D eigenvalue weighted by Crippen LogP contribution is 2.02. The average Bonchev–Trinajstić information content (AvgIpc) is 1.98. The van der Waals surface area contributed by atoms with Crippen LogP contribution in [-0.2, 0) is 0 Å². The van der Waals surface area contributed by atoms with Gasteiger partial charge in [0.25, 0.3) is 0 Å². The summed E-state index contributed by atoms with van der Waals surface area (Å²) < 4.78 is 23.6. The van der Waals surface area contributed by atoms with Crippen molar-refractivity contribution in [2.45, 2.75) is 25.8 Å². The summed E-state index contributed by atoms with van der Waals surface area (Å²) in [5.74, 6) is 5.34. The van der Waals surface area contributed by atoms with Gasteiger partial charge >= 0.3 is 0 Å². The number of halogens is 2. The van der Waals surface area contributed by atoms with E-state index in [2.05, 4.69) is 15.7 Å². The minimum absolute atomic E-state index is 0.222. The van der Waals surface area contributed by atoms with Crippen LogP contribution in [0.5, 0.6) is 0 Å². The minimum atomic E-state index is -2.32. The number of nitrogens with one attached hydrogen (secondary N) is 2. The summed E-state index contributed by atoms with van der Waals surface area (Å²) in [7, 11) is 1.51. The number of alkyl halides is 2. The Hall–Kier alpha value is -0.910. The summed E-state index contributed by atoms with van der Waals surface area (Å²) in [5.41, 5.74) is 2.25. The standard InChI is InChI=1S/C6H14F2N4/c1-4(3-5(7)8)11-6(10-2)12-9/h4-5H,3,9H2,1-2H3,(H2,10,11,12). The number of hydrogen-bond acceptors (Lipinski definition) is 2. The molecule has 0 aromatic rings. The Kier molecular flexibility index (Phi) is 5.27. The minimum Gasteiger partial charge on any atom is -0.353 e. The molecule has 0 aromatic heterocycles. The van der Waals surface area contributed by atoms with E-state index in [9.17, 15) is 8.78 Å². The van der Waals surface area contributed by atoms with Gasteiger partial charge in [-0.3, -0.25) is 10.4 Å². The second-order valence-corrected chi connectivity index (χ2v) is 2.39. The van der Waals surface area contributed by atoms with Gasteiger partial charge in [-0.1, -0.05) is 0 Å². The molecule has 0 rings (SSSR count). The molecule has 6 heteroatoms. The molecule has 0 bridgehead atoms. The van der Waals surface area contributed by atoms with Gasteiger partial charge in [0.1, 0.15) is 0 Å². The van der Waals surface area contributed by atoms with Crippen molar-refractivity contribution in [3.63, 3.8) is 0 Å². The molecule has 0 saturated carbocycles. The monoisotopic (exact) mass is 180 g/mol. The number of rotatable bonds is 3. The third-order valence-corrected chi connectivity index (χ3v) is 1.28. The van der Waals surface area contributed by atoms with Gasteiger partial charge in [0.2, 0.25) is 12.4 Å². The van der Waals surface area contributed by atoms with Gasteiger partial charge in [-0.2, -0.15) is 0 Å². The first-order chi connectivity index (χ1) is 5.60. The third-order valence-electron chi connectivity index (χ3n) is 1.28. The summed E-state index contributed by atoms with van der Waals surface area (Å²) in [6, 6.07) is -0.347. The van der Waals surface area contributed by atoms with Gasteiger partial charge < -0.3 is 5.32 Å². The lowest BCUT2D eigenvalue weighted by molar-refractivity contribution is 0.128. The molecule has 1 unspecified atom stereocenters. The highest BCUT2D eigenvalue weighted by atomic mass is 19.3. The molecule has 0 fully saturated rings. The van der Waals surface area contributed by atoms with Gasteiger partial charge in [0, 0.05) is 19.5 Å². The van der Waals surface area contributed by atoms with E-state index in [1.54, 1.807) is 6.92 Å². The van der Waals surface area contributed by atoms with Crippen LogP contribution in [0.25, 0.3) is 0 Å². The fourth-order valence-electron chi connectivity index (χ4n) is 0.730. The number of guanidine groups is 1. The van der Waals surface area contributed by atoms with Crippen LogP contribution in [0.4, 0.5) is 8.78 Å². The van der Waals surface area contributed by atoms with Crippen LogP contribution < -0.4 is 16.6 Å². The van der Waals surface area contributed by atoms with Crippen LogP contribution in [0.2, 0.25) is 0 Å². The van der Waals surface area contributed by atoms with Crippen molar-refractivity contribution in [3.05, 3.63) is 0 Å². The average molecular weight is 180 g/mol. The SMILES string of the molecule is CN=C(NN)NC(C)CC(F)F. The van der Waals surface area contributed by atoms with Gasteiger partial charge in [0.05, 0.1) is 0 Å². The van der Waals surface area contributed by atoms with E-state index in [0.29, 0.717) is 5.96 Å². The Labute approximate surface area is 70.2 Å². The van der Waals surface area contributed by atoms with Crippen LogP contribution in [-0.4, -0.2) is 25.5 Å². The van der Waals surface area contributed by atoms with Crippen molar-refractivity contribution in [3.8, 4) is 0 Å². The molecule has 1 atom stereocenters. The predicted octanol–water partition coefficient (Wildman–Crippen LogP) is 0.0688. The predicted molar refractivity (Wildman–Crippen MR) is 43.9 cm³/mol. The van der Waals surface area contributed by atoms with Gasteiger partial charge in [-0.25, -0.2) is 14.6 Å². The number of nitrogens with zero attached hydrogens (tertiary/aromatic N) is 1. The Morgan fingerprint density at radius 1 is 1.58 bits per heavy atom. The van der Waals surface area contributed by atoms with E-state index < -0.39 is 6.43 Å². The lowest BCUT2D eigenvalue weighted by Gasteiger charge is -2.15. The summed E-state index contributed by atoms with van der Waals surface area (Å²) in [6.07, 6.45) is -2.54. The Morgan fingerprint density at radius 3 is 2.50 bits per heavy atom. The second-order valence-electron chi connectivity index (χ2n) is 2.39. The molecule has 0 radical (unpaired) electrons. The van der Waals surface area contributed by atoms with Crippen LogP contribution in [0.3, 0.4) is 0 Å². The molecule has 0 aliphatic rings. The Morgan fingerprint density at radius 2 is 2.17 bits per heavy atom. The molecule has 0 amide bonds. The highest BCUT2D eigenvalue weighted by Gasteiger charge is 2.10. The third kappa shape index (κ3) is 4.84. The van der Waals surface area contributed by atoms with E-state index >= 15 is 0 Å². The molecule has 0 aromatic carbocycles. The smallest absolute Gasteiger partial charge is 0.240 e. The first kappa shape index (κ1) is 11.1. The number of nitrogens with two attached hydrogens (primary N) is 1. The molecular formula is C6H14F2N4. The lowest BCUT2D eigenvalue weighted by Crippen LogP contribution is -2.45. The van der Waals surface area contributed by atoms with Gasteiger partial charge in [-0.15, -0.1) is 0 Å². The molecule has 72 valence electrons. The summed E-state index contributed by atoms with van der Waals surface area (Å²) in [5, 5.41) is 2.68. The summed E-state index contributed by atoms with van der Waals surface area (Å²) in [6.45, 7) is 1.63. The van der Waals surface area contributed by atoms with Gasteiger partial charge in [-0.05, 0) is 6.92 Å².